The number of rotatable bonds is 2. The Bertz CT molecular complexity index is 610. The van der Waals surface area contributed by atoms with Crippen LogP contribution in [0.2, 0.25) is 0 Å². The molecule has 0 radical (unpaired) electrons. The van der Waals surface area contributed by atoms with E-state index in [0.717, 1.165) is 6.07 Å². The highest BCUT2D eigenvalue weighted by atomic mass is 19.1. The van der Waals surface area contributed by atoms with Crippen molar-refractivity contribution in [3.8, 4) is 5.88 Å². The van der Waals surface area contributed by atoms with Crippen LogP contribution < -0.4 is 10.9 Å². The average molecular weight is 235 g/mol. The van der Waals surface area contributed by atoms with Gasteiger partial charge in [0.15, 0.2) is 0 Å². The number of nitrogens with one attached hydrogen (secondary N) is 2. The first-order chi connectivity index (χ1) is 8.04. The summed E-state index contributed by atoms with van der Waals surface area (Å²) >= 11 is 0. The molecule has 0 amide bonds. The van der Waals surface area contributed by atoms with Gasteiger partial charge in [0.1, 0.15) is 5.82 Å². The van der Waals surface area contributed by atoms with Crippen LogP contribution in [0, 0.1) is 12.7 Å². The largest absolute Gasteiger partial charge is 0.493 e. The average Bonchev–Trinajstić information content (AvgIpc) is 2.21. The summed E-state index contributed by atoms with van der Waals surface area (Å²) in [7, 11) is 0. The van der Waals surface area contributed by atoms with Gasteiger partial charge in [-0.25, -0.2) is 4.39 Å². The number of aryl methyl sites for hydroxylation is 1. The maximum atomic E-state index is 12.9. The molecule has 2 aromatic rings. The molecule has 0 fully saturated rings. The lowest BCUT2D eigenvalue weighted by molar-refractivity contribution is 0.452. The predicted molar refractivity (Wildman–Crippen MR) is 60.9 cm³/mol. The minimum absolute atomic E-state index is 0.102. The Morgan fingerprint density at radius 2 is 2.18 bits per heavy atom. The number of nitrogens with zero attached hydrogens (tertiary/aromatic N) is 1. The Kier molecular flexibility index (Phi) is 2.78. The monoisotopic (exact) mass is 235 g/mol. The first kappa shape index (κ1) is 11.1. The summed E-state index contributed by atoms with van der Waals surface area (Å²) in [4.78, 5) is 17.2. The molecule has 2 rings (SSSR count). The normalized spacial score (nSPS) is 10.2. The maximum Gasteiger partial charge on any atom is 0.256 e. The summed E-state index contributed by atoms with van der Waals surface area (Å²) in [5.41, 5.74) is 0.788. The first-order valence-electron chi connectivity index (χ1n) is 4.88. The maximum absolute atomic E-state index is 12.9. The van der Waals surface area contributed by atoms with Gasteiger partial charge >= 0.3 is 0 Å². The molecule has 1 aromatic carbocycles. The van der Waals surface area contributed by atoms with E-state index >= 15 is 0 Å². The Morgan fingerprint density at radius 1 is 1.41 bits per heavy atom. The molecule has 0 unspecified atom stereocenters. The van der Waals surface area contributed by atoms with Crippen molar-refractivity contribution >= 4 is 11.6 Å². The zero-order chi connectivity index (χ0) is 12.4. The molecule has 1 heterocycles. The molecule has 0 saturated heterocycles. The molecule has 88 valence electrons. The summed E-state index contributed by atoms with van der Waals surface area (Å²) < 4.78 is 12.9. The second kappa shape index (κ2) is 4.25. The lowest BCUT2D eigenvalue weighted by Crippen LogP contribution is -2.09. The molecule has 3 N–H and O–H groups in total. The highest BCUT2D eigenvalue weighted by Crippen LogP contribution is 2.19. The van der Waals surface area contributed by atoms with Gasteiger partial charge in [-0.2, -0.15) is 4.98 Å². The molecule has 1 aromatic heterocycles. The third kappa shape index (κ3) is 2.60. The van der Waals surface area contributed by atoms with Crippen LogP contribution in [0.15, 0.2) is 29.1 Å². The van der Waals surface area contributed by atoms with Crippen molar-refractivity contribution < 1.29 is 9.50 Å². The third-order valence-corrected chi connectivity index (χ3v) is 2.17. The van der Waals surface area contributed by atoms with E-state index in [1.165, 1.54) is 18.2 Å². The fourth-order valence-electron chi connectivity index (χ4n) is 1.40. The van der Waals surface area contributed by atoms with E-state index in [1.54, 1.807) is 6.92 Å². The van der Waals surface area contributed by atoms with Crippen LogP contribution in [0.25, 0.3) is 0 Å². The van der Waals surface area contributed by atoms with Gasteiger partial charge in [0.05, 0.1) is 6.07 Å². The molecule has 0 saturated carbocycles. The molecular weight excluding hydrogens is 225 g/mol. The van der Waals surface area contributed by atoms with Crippen molar-refractivity contribution in [3.63, 3.8) is 0 Å². The first-order valence-corrected chi connectivity index (χ1v) is 4.88. The topological polar surface area (TPSA) is 78.0 Å². The van der Waals surface area contributed by atoms with E-state index in [-0.39, 0.29) is 17.6 Å². The van der Waals surface area contributed by atoms with Crippen LogP contribution in [0.4, 0.5) is 16.0 Å². The standard InChI is InChI=1S/C11H10FN3O2/c1-6-4-7(12)2-3-8(6)13-11-14-9(16)5-10(17)15-11/h2-5H,1H3,(H3,13,14,15,16,17). The molecular formula is C11H10FN3O2. The quantitative estimate of drug-likeness (QED) is 0.739. The zero-order valence-electron chi connectivity index (χ0n) is 8.99. The number of halogens is 1. The Morgan fingerprint density at radius 3 is 2.82 bits per heavy atom. The van der Waals surface area contributed by atoms with Crippen LogP contribution in [0.3, 0.4) is 0 Å². The molecule has 0 bridgehead atoms. The van der Waals surface area contributed by atoms with Crippen LogP contribution in [-0.2, 0) is 0 Å². The molecule has 0 aliphatic carbocycles. The predicted octanol–water partition coefficient (Wildman–Crippen LogP) is 1.67. The number of aromatic hydroxyl groups is 1. The van der Waals surface area contributed by atoms with Gasteiger partial charge in [0.2, 0.25) is 11.8 Å². The van der Waals surface area contributed by atoms with Crippen molar-refractivity contribution in [2.24, 2.45) is 0 Å². The molecule has 0 aliphatic heterocycles. The molecule has 0 aliphatic rings. The number of aromatic nitrogens is 2. The lowest BCUT2D eigenvalue weighted by Gasteiger charge is -2.08. The number of hydrogen-bond donors (Lipinski definition) is 3. The molecule has 6 heteroatoms. The fourth-order valence-corrected chi connectivity index (χ4v) is 1.40. The fraction of sp³-hybridized carbons (Fsp3) is 0.0909. The Balaban J connectivity index is 2.34. The Hall–Kier alpha value is -2.37. The van der Waals surface area contributed by atoms with Crippen molar-refractivity contribution in [1.82, 2.24) is 9.97 Å². The van der Waals surface area contributed by atoms with E-state index in [0.29, 0.717) is 11.3 Å². The van der Waals surface area contributed by atoms with Crippen LogP contribution in [0.5, 0.6) is 5.88 Å². The summed E-state index contributed by atoms with van der Waals surface area (Å²) in [6.07, 6.45) is 0. The van der Waals surface area contributed by atoms with Gasteiger partial charge in [-0.15, -0.1) is 0 Å². The van der Waals surface area contributed by atoms with Gasteiger partial charge in [0.25, 0.3) is 5.56 Å². The van der Waals surface area contributed by atoms with Gasteiger partial charge in [-0.3, -0.25) is 9.78 Å². The van der Waals surface area contributed by atoms with Crippen molar-refractivity contribution in [3.05, 3.63) is 46.0 Å². The SMILES string of the molecule is Cc1cc(F)ccc1Nc1nc(O)cc(=O)[nH]1. The number of hydrogen-bond acceptors (Lipinski definition) is 4. The van der Waals surface area contributed by atoms with E-state index in [4.69, 9.17) is 5.11 Å². The van der Waals surface area contributed by atoms with E-state index in [2.05, 4.69) is 15.3 Å². The minimum atomic E-state index is -0.472. The summed E-state index contributed by atoms with van der Waals surface area (Å²) in [6.45, 7) is 1.71. The summed E-state index contributed by atoms with van der Waals surface area (Å²) in [5, 5.41) is 11.9. The number of benzene rings is 1. The highest BCUT2D eigenvalue weighted by molar-refractivity contribution is 5.58. The second-order valence-corrected chi connectivity index (χ2v) is 3.54. The van der Waals surface area contributed by atoms with Gasteiger partial charge < -0.3 is 10.4 Å². The summed E-state index contributed by atoms with van der Waals surface area (Å²) in [6, 6.07) is 5.12. The van der Waals surface area contributed by atoms with Gasteiger partial charge in [-0.1, -0.05) is 0 Å². The summed E-state index contributed by atoms with van der Waals surface area (Å²) in [5.74, 6) is -0.619. The van der Waals surface area contributed by atoms with E-state index < -0.39 is 5.56 Å². The van der Waals surface area contributed by atoms with Crippen molar-refractivity contribution in [2.45, 2.75) is 6.92 Å². The van der Waals surface area contributed by atoms with Crippen LogP contribution in [-0.4, -0.2) is 15.1 Å². The van der Waals surface area contributed by atoms with Crippen molar-refractivity contribution in [2.75, 3.05) is 5.32 Å². The molecule has 0 spiro atoms. The van der Waals surface area contributed by atoms with Crippen LogP contribution in [0.1, 0.15) is 5.56 Å². The molecule has 5 nitrogen and oxygen atoms in total. The number of anilines is 2. The highest BCUT2D eigenvalue weighted by Gasteiger charge is 2.03. The van der Waals surface area contributed by atoms with Gasteiger partial charge in [0, 0.05) is 5.69 Å². The number of H-pyrrole nitrogens is 1. The van der Waals surface area contributed by atoms with E-state index in [1.807, 2.05) is 0 Å². The third-order valence-electron chi connectivity index (χ3n) is 2.17. The molecule has 17 heavy (non-hydrogen) atoms. The lowest BCUT2D eigenvalue weighted by atomic mass is 10.2. The van der Waals surface area contributed by atoms with E-state index in [9.17, 15) is 9.18 Å². The smallest absolute Gasteiger partial charge is 0.256 e. The van der Waals surface area contributed by atoms with Crippen molar-refractivity contribution in [1.29, 1.82) is 0 Å². The second-order valence-electron chi connectivity index (χ2n) is 3.54. The number of aromatic amines is 1. The minimum Gasteiger partial charge on any atom is -0.493 e. The zero-order valence-corrected chi connectivity index (χ0v) is 8.99. The molecule has 0 atom stereocenters. The van der Waals surface area contributed by atoms with Gasteiger partial charge in [-0.05, 0) is 30.7 Å². The van der Waals surface area contributed by atoms with Crippen LogP contribution >= 0.6 is 0 Å². The Labute approximate surface area is 96.0 Å².